The molecular weight excluding hydrogens is 300 g/mol. The number of imidazole rings is 1. The van der Waals surface area contributed by atoms with Crippen molar-refractivity contribution in [2.24, 2.45) is 0 Å². The molecule has 1 aromatic carbocycles. The van der Waals surface area contributed by atoms with Crippen LogP contribution in [0.25, 0.3) is 11.0 Å². The standard InChI is InChI=1S/C11H9BrN4S/c12-7-1-2-8-9(5-7)16(11(13)15-8)6-10-14-3-4-17-10/h1-5H,6H2,(H2,13,15). The minimum atomic E-state index is 0.522. The zero-order valence-corrected chi connectivity index (χ0v) is 11.2. The number of hydrogen-bond acceptors (Lipinski definition) is 4. The lowest BCUT2D eigenvalue weighted by Gasteiger charge is -2.03. The summed E-state index contributed by atoms with van der Waals surface area (Å²) in [6.07, 6.45) is 1.80. The number of nitrogens with zero attached hydrogens (tertiary/aromatic N) is 3. The van der Waals surface area contributed by atoms with Gasteiger partial charge in [-0.25, -0.2) is 9.97 Å². The second kappa shape index (κ2) is 4.12. The summed E-state index contributed by atoms with van der Waals surface area (Å²) in [5.41, 5.74) is 7.86. The van der Waals surface area contributed by atoms with Crippen molar-refractivity contribution in [1.82, 2.24) is 14.5 Å². The zero-order valence-electron chi connectivity index (χ0n) is 8.80. The zero-order chi connectivity index (χ0) is 11.8. The molecule has 2 heterocycles. The van der Waals surface area contributed by atoms with E-state index in [4.69, 9.17) is 5.73 Å². The Morgan fingerprint density at radius 3 is 3.06 bits per heavy atom. The Bertz CT molecular complexity index is 659. The van der Waals surface area contributed by atoms with E-state index in [9.17, 15) is 0 Å². The number of thiazole rings is 1. The summed E-state index contributed by atoms with van der Waals surface area (Å²) < 4.78 is 2.99. The number of halogens is 1. The second-order valence-electron chi connectivity index (χ2n) is 3.62. The Balaban J connectivity index is 2.14. The largest absolute Gasteiger partial charge is 0.369 e. The molecule has 0 radical (unpaired) electrons. The molecule has 0 unspecified atom stereocenters. The average molecular weight is 309 g/mol. The number of anilines is 1. The molecule has 4 nitrogen and oxygen atoms in total. The van der Waals surface area contributed by atoms with Crippen LogP contribution in [-0.2, 0) is 6.54 Å². The van der Waals surface area contributed by atoms with E-state index in [1.807, 2.05) is 28.1 Å². The Labute approximate surface area is 110 Å². The van der Waals surface area contributed by atoms with Crippen molar-refractivity contribution in [1.29, 1.82) is 0 Å². The summed E-state index contributed by atoms with van der Waals surface area (Å²) in [7, 11) is 0. The maximum atomic E-state index is 5.93. The van der Waals surface area contributed by atoms with Gasteiger partial charge < -0.3 is 10.3 Å². The molecule has 0 spiro atoms. The monoisotopic (exact) mass is 308 g/mol. The number of aromatic nitrogens is 3. The van der Waals surface area contributed by atoms with E-state index >= 15 is 0 Å². The molecule has 0 saturated heterocycles. The molecule has 0 bridgehead atoms. The number of nitrogen functional groups attached to an aromatic ring is 1. The van der Waals surface area contributed by atoms with Gasteiger partial charge in [0.1, 0.15) is 5.01 Å². The van der Waals surface area contributed by atoms with E-state index in [0.29, 0.717) is 12.5 Å². The van der Waals surface area contributed by atoms with Crippen molar-refractivity contribution in [3.63, 3.8) is 0 Å². The number of nitrogens with two attached hydrogens (primary N) is 1. The highest BCUT2D eigenvalue weighted by Crippen LogP contribution is 2.23. The van der Waals surface area contributed by atoms with Crippen LogP contribution in [0, 0.1) is 0 Å². The van der Waals surface area contributed by atoms with Crippen molar-refractivity contribution in [3.8, 4) is 0 Å². The van der Waals surface area contributed by atoms with E-state index in [1.165, 1.54) is 0 Å². The normalized spacial score (nSPS) is 11.1. The summed E-state index contributed by atoms with van der Waals surface area (Å²) in [6.45, 7) is 0.663. The Hall–Kier alpha value is -1.40. The molecule has 0 aliphatic rings. The van der Waals surface area contributed by atoms with Crippen molar-refractivity contribution in [3.05, 3.63) is 39.3 Å². The van der Waals surface area contributed by atoms with Crippen molar-refractivity contribution in [2.45, 2.75) is 6.54 Å². The van der Waals surface area contributed by atoms with Crippen LogP contribution in [-0.4, -0.2) is 14.5 Å². The van der Waals surface area contributed by atoms with Gasteiger partial charge in [-0.2, -0.15) is 0 Å². The highest BCUT2D eigenvalue weighted by Gasteiger charge is 2.09. The van der Waals surface area contributed by atoms with Gasteiger partial charge in [-0.3, -0.25) is 0 Å². The van der Waals surface area contributed by atoms with Gasteiger partial charge in [0.2, 0.25) is 5.95 Å². The lowest BCUT2D eigenvalue weighted by atomic mass is 10.3. The number of benzene rings is 1. The second-order valence-corrected chi connectivity index (χ2v) is 5.51. The Kier molecular flexibility index (Phi) is 2.60. The average Bonchev–Trinajstić information content (AvgIpc) is 2.90. The molecule has 0 fully saturated rings. The number of rotatable bonds is 2. The summed E-state index contributed by atoms with van der Waals surface area (Å²) in [5, 5.41) is 2.98. The van der Waals surface area contributed by atoms with Crippen LogP contribution in [0.2, 0.25) is 0 Å². The third kappa shape index (κ3) is 1.94. The third-order valence-corrected chi connectivity index (χ3v) is 3.77. The summed E-state index contributed by atoms with van der Waals surface area (Å²) in [4.78, 5) is 8.60. The van der Waals surface area contributed by atoms with Crippen LogP contribution in [0.5, 0.6) is 0 Å². The topological polar surface area (TPSA) is 56.7 Å². The highest BCUT2D eigenvalue weighted by molar-refractivity contribution is 9.10. The molecule has 0 aliphatic heterocycles. The minimum absolute atomic E-state index is 0.522. The van der Waals surface area contributed by atoms with E-state index in [1.54, 1.807) is 17.5 Å². The third-order valence-electron chi connectivity index (χ3n) is 2.52. The predicted molar refractivity (Wildman–Crippen MR) is 73.1 cm³/mol. The van der Waals surface area contributed by atoms with Gasteiger partial charge in [-0.05, 0) is 18.2 Å². The van der Waals surface area contributed by atoms with Gasteiger partial charge >= 0.3 is 0 Å². The maximum Gasteiger partial charge on any atom is 0.201 e. The number of fused-ring (bicyclic) bond motifs is 1. The number of hydrogen-bond donors (Lipinski definition) is 1. The molecule has 0 aliphatic carbocycles. The molecule has 3 aromatic rings. The molecule has 86 valence electrons. The van der Waals surface area contributed by atoms with E-state index < -0.39 is 0 Å². The van der Waals surface area contributed by atoms with Crippen LogP contribution < -0.4 is 5.73 Å². The van der Waals surface area contributed by atoms with Crippen molar-refractivity contribution in [2.75, 3.05) is 5.73 Å². The van der Waals surface area contributed by atoms with Gasteiger partial charge in [0.25, 0.3) is 0 Å². The molecule has 2 N–H and O–H groups in total. The molecule has 0 saturated carbocycles. The SMILES string of the molecule is Nc1nc2ccc(Br)cc2n1Cc1nccs1. The summed E-state index contributed by atoms with van der Waals surface area (Å²) >= 11 is 5.07. The van der Waals surface area contributed by atoms with Crippen LogP contribution in [0.15, 0.2) is 34.2 Å². The first-order valence-corrected chi connectivity index (χ1v) is 6.71. The predicted octanol–water partition coefficient (Wildman–Crippen LogP) is 2.89. The van der Waals surface area contributed by atoms with Gasteiger partial charge in [-0.1, -0.05) is 15.9 Å². The van der Waals surface area contributed by atoms with E-state index in [0.717, 1.165) is 20.5 Å². The molecular formula is C11H9BrN4S. The van der Waals surface area contributed by atoms with E-state index in [-0.39, 0.29) is 0 Å². The quantitative estimate of drug-likeness (QED) is 0.792. The van der Waals surface area contributed by atoms with Crippen LogP contribution >= 0.6 is 27.3 Å². The molecule has 0 atom stereocenters. The van der Waals surface area contributed by atoms with Crippen LogP contribution in [0.4, 0.5) is 5.95 Å². The molecule has 3 rings (SSSR count). The molecule has 6 heteroatoms. The van der Waals surface area contributed by atoms with Crippen LogP contribution in [0.1, 0.15) is 5.01 Å². The smallest absolute Gasteiger partial charge is 0.201 e. The van der Waals surface area contributed by atoms with Crippen molar-refractivity contribution < 1.29 is 0 Å². The first-order chi connectivity index (χ1) is 8.24. The van der Waals surface area contributed by atoms with Gasteiger partial charge in [-0.15, -0.1) is 11.3 Å². The maximum absolute atomic E-state index is 5.93. The molecule has 0 amide bonds. The fourth-order valence-electron chi connectivity index (χ4n) is 1.75. The lowest BCUT2D eigenvalue weighted by molar-refractivity contribution is 0.829. The van der Waals surface area contributed by atoms with Gasteiger partial charge in [0, 0.05) is 16.0 Å². The fraction of sp³-hybridized carbons (Fsp3) is 0.0909. The van der Waals surface area contributed by atoms with Gasteiger partial charge in [0.15, 0.2) is 0 Å². The first-order valence-electron chi connectivity index (χ1n) is 5.03. The summed E-state index contributed by atoms with van der Waals surface area (Å²) in [5.74, 6) is 0.522. The Morgan fingerprint density at radius 1 is 1.41 bits per heavy atom. The van der Waals surface area contributed by atoms with Gasteiger partial charge in [0.05, 0.1) is 17.6 Å². The minimum Gasteiger partial charge on any atom is -0.369 e. The fourth-order valence-corrected chi connectivity index (χ4v) is 2.70. The first kappa shape index (κ1) is 10.7. The lowest BCUT2D eigenvalue weighted by Crippen LogP contribution is -2.04. The summed E-state index contributed by atoms with van der Waals surface area (Å²) in [6, 6.07) is 5.93. The van der Waals surface area contributed by atoms with E-state index in [2.05, 4.69) is 25.9 Å². The highest BCUT2D eigenvalue weighted by atomic mass is 79.9. The Morgan fingerprint density at radius 2 is 2.29 bits per heavy atom. The molecule has 17 heavy (non-hydrogen) atoms. The van der Waals surface area contributed by atoms with Crippen LogP contribution in [0.3, 0.4) is 0 Å². The van der Waals surface area contributed by atoms with Crippen molar-refractivity contribution >= 4 is 44.2 Å². The molecule has 2 aromatic heterocycles.